The van der Waals surface area contributed by atoms with Crippen LogP contribution in [-0.2, 0) is 25.6 Å². The molecule has 1 aliphatic carbocycles. The zero-order valence-electron chi connectivity index (χ0n) is 22.7. The first kappa shape index (κ1) is 28.0. The number of aromatic hydroxyl groups is 1. The second-order valence-electron chi connectivity index (χ2n) is 10.7. The molecule has 2 saturated heterocycles. The molecule has 41 heavy (non-hydrogen) atoms. The minimum atomic E-state index is -0.396. The van der Waals surface area contributed by atoms with Gasteiger partial charge in [-0.1, -0.05) is 28.1 Å². The number of methoxy groups -OCH3 is 1. The Morgan fingerprint density at radius 1 is 1.20 bits per heavy atom. The number of likely N-dealkylation sites (tertiary alicyclic amines) is 1. The van der Waals surface area contributed by atoms with Gasteiger partial charge in [0.1, 0.15) is 5.75 Å². The minimum Gasteiger partial charge on any atom is -0.507 e. The van der Waals surface area contributed by atoms with Crippen molar-refractivity contribution >= 4 is 50.7 Å². The third kappa shape index (κ3) is 5.56. The average Bonchev–Trinajstić information content (AvgIpc) is 3.70. The molecule has 0 unspecified atom stereocenters. The molecule has 6 rings (SSSR count). The lowest BCUT2D eigenvalue weighted by atomic mass is 9.69. The average molecular weight is 636 g/mol. The van der Waals surface area contributed by atoms with Gasteiger partial charge in [0.15, 0.2) is 0 Å². The largest absolute Gasteiger partial charge is 0.507 e. The Hall–Kier alpha value is -3.11. The Kier molecular flexibility index (Phi) is 8.21. The molecule has 3 aromatic rings. The summed E-state index contributed by atoms with van der Waals surface area (Å²) in [6.45, 7) is 1.15. The van der Waals surface area contributed by atoms with Gasteiger partial charge in [-0.05, 0) is 83.8 Å². The molecule has 212 valence electrons. The fourth-order valence-electron chi connectivity index (χ4n) is 6.50. The molecule has 0 saturated carbocycles. The van der Waals surface area contributed by atoms with Gasteiger partial charge < -0.3 is 14.6 Å². The van der Waals surface area contributed by atoms with Crippen LogP contribution in [0.4, 0.5) is 0 Å². The van der Waals surface area contributed by atoms with Gasteiger partial charge in [0, 0.05) is 34.1 Å². The second kappa shape index (κ2) is 12.0. The standard InChI is InChI=1S/C32H31BrN2O5S/c1-39-17-21-15-24-30(32(38)35(31(24)37)16-23-5-4-12-41-23)25-18-40-28(29(21)25)10-7-19(26-6-2-3-11-34-26)13-20-14-22(33)8-9-27(20)36/h2-6,8-9,11-14,24-25,28,30,36H,7,10,15-18H2,1H3/b19-13-/t24-,25+,28-,30-/m1/s1. The number of aromatic nitrogens is 1. The molecule has 1 N–H and O–H groups in total. The Morgan fingerprint density at radius 3 is 2.83 bits per heavy atom. The van der Waals surface area contributed by atoms with Crippen molar-refractivity contribution in [3.05, 3.63) is 91.9 Å². The zero-order chi connectivity index (χ0) is 28.5. The molecule has 2 amide bonds. The maximum Gasteiger partial charge on any atom is 0.234 e. The predicted octanol–water partition coefficient (Wildman–Crippen LogP) is 6.10. The first-order valence-electron chi connectivity index (χ1n) is 13.7. The maximum absolute atomic E-state index is 13.7. The van der Waals surface area contributed by atoms with Gasteiger partial charge >= 0.3 is 0 Å². The minimum absolute atomic E-state index is 0.0845. The van der Waals surface area contributed by atoms with Crippen LogP contribution in [0, 0.1) is 17.8 Å². The van der Waals surface area contributed by atoms with Crippen molar-refractivity contribution in [1.82, 2.24) is 9.88 Å². The lowest BCUT2D eigenvalue weighted by Crippen LogP contribution is -2.35. The van der Waals surface area contributed by atoms with E-state index < -0.39 is 5.92 Å². The molecule has 2 fully saturated rings. The van der Waals surface area contributed by atoms with Crippen LogP contribution < -0.4 is 0 Å². The van der Waals surface area contributed by atoms with Gasteiger partial charge in [0.05, 0.1) is 43.4 Å². The summed E-state index contributed by atoms with van der Waals surface area (Å²) in [6.07, 6.45) is 5.38. The summed E-state index contributed by atoms with van der Waals surface area (Å²) >= 11 is 5.05. The van der Waals surface area contributed by atoms with Gasteiger partial charge in [-0.25, -0.2) is 0 Å². The number of rotatable bonds is 9. The molecule has 0 radical (unpaired) electrons. The number of phenols is 1. The van der Waals surface area contributed by atoms with Crippen LogP contribution >= 0.6 is 27.3 Å². The summed E-state index contributed by atoms with van der Waals surface area (Å²) in [5.41, 5.74) is 4.71. The van der Waals surface area contributed by atoms with Crippen LogP contribution in [0.1, 0.15) is 35.4 Å². The monoisotopic (exact) mass is 634 g/mol. The van der Waals surface area contributed by atoms with Crippen LogP contribution in [0.25, 0.3) is 11.6 Å². The number of ether oxygens (including phenoxy) is 2. The van der Waals surface area contributed by atoms with Crippen molar-refractivity contribution in [2.75, 3.05) is 20.3 Å². The number of nitrogens with zero attached hydrogens (tertiary/aromatic N) is 2. The van der Waals surface area contributed by atoms with E-state index in [1.54, 1.807) is 36.8 Å². The highest BCUT2D eigenvalue weighted by molar-refractivity contribution is 9.10. The van der Waals surface area contributed by atoms with E-state index in [0.717, 1.165) is 31.8 Å². The van der Waals surface area contributed by atoms with E-state index in [9.17, 15) is 14.7 Å². The Balaban J connectivity index is 1.27. The number of benzene rings is 1. The van der Waals surface area contributed by atoms with Crippen LogP contribution in [0.2, 0.25) is 0 Å². The maximum atomic E-state index is 13.7. The molecule has 9 heteroatoms. The smallest absolute Gasteiger partial charge is 0.234 e. The lowest BCUT2D eigenvalue weighted by molar-refractivity contribution is -0.140. The molecule has 0 spiro atoms. The number of carbonyl (C=O) groups excluding carboxylic acids is 2. The quantitative estimate of drug-likeness (QED) is 0.226. The first-order chi connectivity index (χ1) is 19.9. The summed E-state index contributed by atoms with van der Waals surface area (Å²) in [5.74, 6) is -0.877. The molecule has 2 aromatic heterocycles. The Morgan fingerprint density at radius 2 is 2.07 bits per heavy atom. The van der Waals surface area contributed by atoms with Gasteiger partial charge in [0.2, 0.25) is 11.8 Å². The highest BCUT2D eigenvalue weighted by atomic mass is 79.9. The fourth-order valence-corrected chi connectivity index (χ4v) is 7.57. The molecular formula is C32H31BrN2O5S. The van der Waals surface area contributed by atoms with E-state index >= 15 is 0 Å². The zero-order valence-corrected chi connectivity index (χ0v) is 25.1. The van der Waals surface area contributed by atoms with E-state index in [2.05, 4.69) is 20.9 Å². The molecule has 2 aliphatic heterocycles. The van der Waals surface area contributed by atoms with E-state index in [-0.39, 0.29) is 35.5 Å². The summed E-state index contributed by atoms with van der Waals surface area (Å²) in [7, 11) is 1.66. The van der Waals surface area contributed by atoms with Crippen molar-refractivity contribution in [1.29, 1.82) is 0 Å². The number of thiophene rings is 1. The summed E-state index contributed by atoms with van der Waals surface area (Å²) in [4.78, 5) is 34.2. The Bertz CT molecular complexity index is 1500. The van der Waals surface area contributed by atoms with Crippen LogP contribution in [0.5, 0.6) is 5.75 Å². The number of imide groups is 1. The molecule has 3 aliphatic rings. The highest BCUT2D eigenvalue weighted by Gasteiger charge is 2.56. The highest BCUT2D eigenvalue weighted by Crippen LogP contribution is 2.50. The summed E-state index contributed by atoms with van der Waals surface area (Å²) < 4.78 is 12.8. The number of carbonyl (C=O) groups is 2. The molecule has 7 nitrogen and oxygen atoms in total. The number of amides is 2. The first-order valence-corrected chi connectivity index (χ1v) is 15.4. The fraction of sp³-hybridized carbons (Fsp3) is 0.344. The number of hydrogen-bond donors (Lipinski definition) is 1. The van der Waals surface area contributed by atoms with Crippen LogP contribution in [0.15, 0.2) is 75.7 Å². The third-order valence-electron chi connectivity index (χ3n) is 8.30. The van der Waals surface area contributed by atoms with Gasteiger partial charge in [-0.15, -0.1) is 11.3 Å². The lowest BCUT2D eigenvalue weighted by Gasteiger charge is -2.31. The van der Waals surface area contributed by atoms with Crippen molar-refractivity contribution in [3.63, 3.8) is 0 Å². The van der Waals surface area contributed by atoms with E-state index in [4.69, 9.17) is 9.47 Å². The molecule has 4 heterocycles. The molecular weight excluding hydrogens is 604 g/mol. The predicted molar refractivity (Wildman–Crippen MR) is 161 cm³/mol. The van der Waals surface area contributed by atoms with Crippen molar-refractivity contribution < 1.29 is 24.2 Å². The van der Waals surface area contributed by atoms with E-state index in [1.807, 2.05) is 47.9 Å². The Labute approximate surface area is 251 Å². The summed E-state index contributed by atoms with van der Waals surface area (Å²) in [6, 6.07) is 15.0. The number of allylic oxidation sites excluding steroid dienone is 1. The summed E-state index contributed by atoms with van der Waals surface area (Å²) in [5, 5.41) is 12.5. The SMILES string of the molecule is COCC1=C2[C@@H](CC/C(=C/c3cc(Br)ccc3O)c3ccccn3)OC[C@@H]2[C@@H]2C(=O)N(Cc3cccs3)C(=O)[C@@H]2C1. The number of pyridine rings is 1. The second-order valence-corrected chi connectivity index (χ2v) is 12.7. The van der Waals surface area contributed by atoms with E-state index in [1.165, 1.54) is 4.90 Å². The number of hydrogen-bond acceptors (Lipinski definition) is 7. The molecule has 1 aromatic carbocycles. The number of halogens is 1. The topological polar surface area (TPSA) is 89.0 Å². The van der Waals surface area contributed by atoms with Gasteiger partial charge in [0.25, 0.3) is 0 Å². The van der Waals surface area contributed by atoms with Crippen LogP contribution in [0.3, 0.4) is 0 Å². The van der Waals surface area contributed by atoms with Crippen molar-refractivity contribution in [2.45, 2.75) is 31.9 Å². The van der Waals surface area contributed by atoms with Crippen LogP contribution in [-0.4, -0.2) is 53.2 Å². The molecule has 0 bridgehead atoms. The van der Waals surface area contributed by atoms with Crippen molar-refractivity contribution in [2.24, 2.45) is 17.8 Å². The van der Waals surface area contributed by atoms with E-state index in [0.29, 0.717) is 44.6 Å². The van der Waals surface area contributed by atoms with Crippen molar-refractivity contribution in [3.8, 4) is 5.75 Å². The third-order valence-corrected chi connectivity index (χ3v) is 9.66. The normalized spacial score (nSPS) is 24.2. The molecule has 4 atom stereocenters. The van der Waals surface area contributed by atoms with Gasteiger partial charge in [-0.2, -0.15) is 0 Å². The number of phenolic OH excluding ortho intramolecular Hbond substituents is 1. The van der Waals surface area contributed by atoms with Gasteiger partial charge in [-0.3, -0.25) is 19.5 Å². The number of fused-ring (bicyclic) bond motifs is 3.